The zero-order valence-corrected chi connectivity index (χ0v) is 18.3. The fraction of sp³-hybridized carbons (Fsp3) is 0.650. The molecule has 1 unspecified atom stereocenters. The molecule has 8 heteroatoms. The predicted molar refractivity (Wildman–Crippen MR) is 117 cm³/mol. The minimum Gasteiger partial charge on any atom is -0.355 e. The molecule has 6 nitrogen and oxygen atoms in total. The van der Waals surface area contributed by atoms with Crippen molar-refractivity contribution in [3.63, 3.8) is 0 Å². The molecule has 0 bridgehead atoms. The highest BCUT2D eigenvalue weighted by Crippen LogP contribution is 2.26. The zero-order valence-electron chi connectivity index (χ0n) is 16.6. The summed E-state index contributed by atoms with van der Waals surface area (Å²) in [6, 6.07) is 10.5. The van der Waals surface area contributed by atoms with E-state index in [0.29, 0.717) is 24.9 Å². The van der Waals surface area contributed by atoms with Crippen molar-refractivity contribution in [3.05, 3.63) is 30.3 Å². The first-order valence-electron chi connectivity index (χ1n) is 10.2. The molecule has 1 aliphatic carbocycles. The highest BCUT2D eigenvalue weighted by atomic mass is 32.2. The number of guanidine groups is 1. The van der Waals surface area contributed by atoms with Crippen LogP contribution in [0.2, 0.25) is 0 Å². The normalized spacial score (nSPS) is 21.0. The topological polar surface area (TPSA) is 73.8 Å². The first-order valence-corrected chi connectivity index (χ1v) is 12.8. The van der Waals surface area contributed by atoms with Gasteiger partial charge >= 0.3 is 0 Å². The van der Waals surface area contributed by atoms with Gasteiger partial charge in [0.1, 0.15) is 0 Å². The number of aliphatic imine (C=N–C) groups is 1. The Morgan fingerprint density at radius 1 is 1.21 bits per heavy atom. The fourth-order valence-electron chi connectivity index (χ4n) is 3.54. The molecule has 1 heterocycles. The molecule has 2 N–H and O–H groups in total. The van der Waals surface area contributed by atoms with Crippen molar-refractivity contribution in [3.8, 4) is 0 Å². The van der Waals surface area contributed by atoms with Gasteiger partial charge in [-0.25, -0.2) is 13.1 Å². The second-order valence-electron chi connectivity index (χ2n) is 7.66. The van der Waals surface area contributed by atoms with Crippen LogP contribution in [0.5, 0.6) is 0 Å². The Balaban J connectivity index is 1.36. The Hall–Kier alpha value is -1.25. The molecule has 1 saturated carbocycles. The summed E-state index contributed by atoms with van der Waals surface area (Å²) < 4.78 is 27.0. The Morgan fingerprint density at radius 3 is 2.68 bits per heavy atom. The lowest BCUT2D eigenvalue weighted by atomic mass is 9.86. The van der Waals surface area contributed by atoms with Gasteiger partial charge in [-0.2, -0.15) is 0 Å². The van der Waals surface area contributed by atoms with E-state index in [-0.39, 0.29) is 5.75 Å². The number of hydrogen-bond donors (Lipinski definition) is 2. The van der Waals surface area contributed by atoms with Crippen LogP contribution in [0.25, 0.3) is 0 Å². The molecule has 156 valence electrons. The number of hydrogen-bond acceptors (Lipinski definition) is 4. The SMILES string of the molecule is CN=C(NCCS(=O)(=O)NCC1CCC1)N1CCC(CSc2ccccc2)C1. The van der Waals surface area contributed by atoms with Crippen LogP contribution in [-0.4, -0.2) is 64.0 Å². The number of rotatable bonds is 9. The molecule has 0 aromatic heterocycles. The van der Waals surface area contributed by atoms with Gasteiger partial charge in [0, 0.05) is 43.9 Å². The molecule has 1 aliphatic heterocycles. The van der Waals surface area contributed by atoms with Crippen LogP contribution in [0.3, 0.4) is 0 Å². The highest BCUT2D eigenvalue weighted by molar-refractivity contribution is 7.99. The highest BCUT2D eigenvalue weighted by Gasteiger charge is 2.25. The van der Waals surface area contributed by atoms with E-state index in [1.54, 1.807) is 7.05 Å². The van der Waals surface area contributed by atoms with Crippen LogP contribution in [0.15, 0.2) is 40.2 Å². The number of nitrogens with one attached hydrogen (secondary N) is 2. The van der Waals surface area contributed by atoms with E-state index >= 15 is 0 Å². The lowest BCUT2D eigenvalue weighted by molar-refractivity contribution is 0.316. The van der Waals surface area contributed by atoms with Crippen molar-refractivity contribution < 1.29 is 8.42 Å². The summed E-state index contributed by atoms with van der Waals surface area (Å²) in [5, 5.41) is 3.23. The summed E-state index contributed by atoms with van der Waals surface area (Å²) in [4.78, 5) is 7.90. The summed E-state index contributed by atoms with van der Waals surface area (Å²) in [7, 11) is -1.46. The summed E-state index contributed by atoms with van der Waals surface area (Å²) in [6.45, 7) is 2.90. The van der Waals surface area contributed by atoms with E-state index in [9.17, 15) is 8.42 Å². The molecule has 0 spiro atoms. The van der Waals surface area contributed by atoms with Gasteiger partial charge in [0.05, 0.1) is 5.75 Å². The molecule has 0 amide bonds. The lowest BCUT2D eigenvalue weighted by Crippen LogP contribution is -2.43. The third-order valence-electron chi connectivity index (χ3n) is 5.50. The Bertz CT molecular complexity index is 736. The molecule has 1 atom stereocenters. The second-order valence-corrected chi connectivity index (χ2v) is 10.7. The predicted octanol–water partition coefficient (Wildman–Crippen LogP) is 2.40. The first-order chi connectivity index (χ1) is 13.6. The maximum absolute atomic E-state index is 12.1. The molecule has 2 aliphatic rings. The van der Waals surface area contributed by atoms with Crippen LogP contribution >= 0.6 is 11.8 Å². The summed E-state index contributed by atoms with van der Waals surface area (Å²) in [5.74, 6) is 3.14. The maximum Gasteiger partial charge on any atom is 0.213 e. The van der Waals surface area contributed by atoms with E-state index in [2.05, 4.69) is 44.2 Å². The Kier molecular flexibility index (Phi) is 8.05. The van der Waals surface area contributed by atoms with Crippen LogP contribution in [0.4, 0.5) is 0 Å². The molecular formula is C20H32N4O2S2. The molecule has 1 saturated heterocycles. The van der Waals surface area contributed by atoms with Crippen molar-refractivity contribution in [2.75, 3.05) is 44.7 Å². The van der Waals surface area contributed by atoms with E-state index in [1.807, 2.05) is 17.8 Å². The largest absolute Gasteiger partial charge is 0.355 e. The monoisotopic (exact) mass is 424 g/mol. The van der Waals surface area contributed by atoms with Crippen molar-refractivity contribution in [1.82, 2.24) is 14.9 Å². The molecule has 1 aromatic carbocycles. The van der Waals surface area contributed by atoms with Crippen molar-refractivity contribution in [2.45, 2.75) is 30.6 Å². The van der Waals surface area contributed by atoms with E-state index in [0.717, 1.165) is 44.1 Å². The number of nitrogens with zero attached hydrogens (tertiary/aromatic N) is 2. The smallest absolute Gasteiger partial charge is 0.213 e. The van der Waals surface area contributed by atoms with Crippen LogP contribution in [0.1, 0.15) is 25.7 Å². The average Bonchev–Trinajstić information content (AvgIpc) is 3.12. The summed E-state index contributed by atoms with van der Waals surface area (Å²) >= 11 is 1.90. The van der Waals surface area contributed by atoms with Crippen molar-refractivity contribution in [2.24, 2.45) is 16.8 Å². The number of sulfonamides is 1. The molecule has 3 rings (SSSR count). The van der Waals surface area contributed by atoms with E-state index in [1.165, 1.54) is 11.3 Å². The van der Waals surface area contributed by atoms with Crippen molar-refractivity contribution in [1.29, 1.82) is 0 Å². The molecule has 1 aromatic rings. The van der Waals surface area contributed by atoms with Gasteiger partial charge in [0.15, 0.2) is 5.96 Å². The Labute approximate surface area is 173 Å². The second kappa shape index (κ2) is 10.5. The van der Waals surface area contributed by atoms with Crippen LogP contribution in [-0.2, 0) is 10.0 Å². The Morgan fingerprint density at radius 2 is 2.00 bits per heavy atom. The third-order valence-corrected chi connectivity index (χ3v) is 8.09. The van der Waals surface area contributed by atoms with Crippen molar-refractivity contribution >= 4 is 27.7 Å². The third kappa shape index (κ3) is 6.67. The van der Waals surface area contributed by atoms with Crippen LogP contribution in [0, 0.1) is 11.8 Å². The summed E-state index contributed by atoms with van der Waals surface area (Å²) in [6.07, 6.45) is 4.66. The molecular weight excluding hydrogens is 392 g/mol. The maximum atomic E-state index is 12.1. The number of thioether (sulfide) groups is 1. The van der Waals surface area contributed by atoms with Gasteiger partial charge in [0.2, 0.25) is 10.0 Å². The number of likely N-dealkylation sites (tertiary alicyclic amines) is 1. The minimum absolute atomic E-state index is 0.0832. The number of benzene rings is 1. The van der Waals surface area contributed by atoms with Gasteiger partial charge in [0.25, 0.3) is 0 Å². The molecule has 28 heavy (non-hydrogen) atoms. The average molecular weight is 425 g/mol. The minimum atomic E-state index is -3.22. The quantitative estimate of drug-likeness (QED) is 0.362. The summed E-state index contributed by atoms with van der Waals surface area (Å²) in [5.41, 5.74) is 0. The van der Waals surface area contributed by atoms with Gasteiger partial charge in [-0.05, 0) is 43.2 Å². The molecule has 0 radical (unpaired) electrons. The van der Waals surface area contributed by atoms with E-state index < -0.39 is 10.0 Å². The molecule has 2 fully saturated rings. The standard InChI is InChI=1S/C20H32N4O2S2/c1-21-20(22-11-13-28(25,26)23-14-17-6-5-7-17)24-12-10-18(15-24)16-27-19-8-3-2-4-9-19/h2-4,8-9,17-18,23H,5-7,10-16H2,1H3,(H,21,22). The van der Waals surface area contributed by atoms with Gasteiger partial charge < -0.3 is 10.2 Å². The first kappa shape index (κ1) is 21.5. The fourth-order valence-corrected chi connectivity index (χ4v) is 5.59. The van der Waals surface area contributed by atoms with Gasteiger partial charge in [-0.1, -0.05) is 24.6 Å². The van der Waals surface area contributed by atoms with Gasteiger partial charge in [-0.15, -0.1) is 11.8 Å². The van der Waals surface area contributed by atoms with Crippen LogP contribution < -0.4 is 10.0 Å². The van der Waals surface area contributed by atoms with E-state index in [4.69, 9.17) is 0 Å². The zero-order chi connectivity index (χ0) is 19.8. The lowest BCUT2D eigenvalue weighted by Gasteiger charge is -2.25. The van der Waals surface area contributed by atoms with Gasteiger partial charge in [-0.3, -0.25) is 4.99 Å².